The molecule has 0 aliphatic carbocycles. The van der Waals surface area contributed by atoms with Gasteiger partial charge in [-0.15, -0.1) is 6.58 Å². The van der Waals surface area contributed by atoms with Crippen LogP contribution in [-0.2, 0) is 11.3 Å². The monoisotopic (exact) mass is 583 g/mol. The van der Waals surface area contributed by atoms with Gasteiger partial charge in [-0.25, -0.2) is 29.1 Å². The van der Waals surface area contributed by atoms with Crippen LogP contribution in [0.1, 0.15) is 26.5 Å². The Morgan fingerprint density at radius 1 is 1.29 bits per heavy atom. The first-order chi connectivity index (χ1) is 18.0. The quantitative estimate of drug-likeness (QED) is 0.271. The molecule has 0 aliphatic rings. The molecule has 12 heteroatoms. The van der Waals surface area contributed by atoms with Crippen molar-refractivity contribution in [2.75, 3.05) is 5.73 Å². The topological polar surface area (TPSA) is 130 Å². The lowest BCUT2D eigenvalue weighted by molar-refractivity contribution is 0.0511. The normalized spacial score (nSPS) is 12.3. The van der Waals surface area contributed by atoms with Crippen molar-refractivity contribution in [2.45, 2.75) is 45.9 Å². The number of nitrogens with one attached hydrogen (secondary N) is 1. The molecule has 1 atom stereocenters. The molecule has 3 heterocycles. The third kappa shape index (κ3) is 5.91. The number of halogens is 2. The maximum atomic E-state index is 15.2. The van der Waals surface area contributed by atoms with Gasteiger partial charge in [0.15, 0.2) is 11.6 Å². The van der Waals surface area contributed by atoms with Gasteiger partial charge in [0.1, 0.15) is 23.4 Å². The van der Waals surface area contributed by atoms with Gasteiger partial charge < -0.3 is 25.1 Å². The molecule has 3 N–H and O–H groups in total. The Balaban J connectivity index is 1.71. The molecule has 0 fully saturated rings. The summed E-state index contributed by atoms with van der Waals surface area (Å²) in [5.41, 5.74) is 7.86. The predicted octanol–water partition coefficient (Wildman–Crippen LogP) is 5.55. The first-order valence-electron chi connectivity index (χ1n) is 11.6. The van der Waals surface area contributed by atoms with E-state index in [2.05, 4.69) is 47.8 Å². The van der Waals surface area contributed by atoms with Crippen molar-refractivity contribution in [3.8, 4) is 22.9 Å². The molecule has 4 rings (SSSR count). The van der Waals surface area contributed by atoms with Crippen LogP contribution in [0.25, 0.3) is 22.2 Å². The summed E-state index contributed by atoms with van der Waals surface area (Å²) in [6.45, 7) is 11.2. The second kappa shape index (κ2) is 10.7. The first kappa shape index (κ1) is 27.0. The number of anilines is 1. The summed E-state index contributed by atoms with van der Waals surface area (Å²) in [6.07, 6.45) is 3.88. The van der Waals surface area contributed by atoms with Crippen molar-refractivity contribution in [3.05, 3.63) is 65.6 Å². The Labute approximate surface area is 227 Å². The summed E-state index contributed by atoms with van der Waals surface area (Å²) in [4.78, 5) is 29.0. The molecule has 0 radical (unpaired) electrons. The third-order valence-electron chi connectivity index (χ3n) is 5.37. The van der Waals surface area contributed by atoms with E-state index in [0.717, 1.165) is 0 Å². The van der Waals surface area contributed by atoms with Crippen molar-refractivity contribution in [2.24, 2.45) is 0 Å². The van der Waals surface area contributed by atoms with Gasteiger partial charge in [-0.3, -0.25) is 0 Å². The Kier molecular flexibility index (Phi) is 7.63. The summed E-state index contributed by atoms with van der Waals surface area (Å²) in [7, 11) is 0. The van der Waals surface area contributed by atoms with E-state index in [0.29, 0.717) is 32.5 Å². The van der Waals surface area contributed by atoms with Gasteiger partial charge in [-0.1, -0.05) is 12.1 Å². The Morgan fingerprint density at radius 3 is 2.71 bits per heavy atom. The zero-order valence-corrected chi connectivity index (χ0v) is 22.9. The van der Waals surface area contributed by atoms with Crippen LogP contribution in [0.5, 0.6) is 11.8 Å². The SMILES string of the molecule is C=CC(Cn1c(Br)c(-c2ccc(Oc3nccc(C)n3)c(F)c2)c2c(N)ncnc21)NC(=O)OC(C)(C)C. The van der Waals surface area contributed by atoms with E-state index in [1.165, 1.54) is 24.7 Å². The Morgan fingerprint density at radius 2 is 2.05 bits per heavy atom. The maximum Gasteiger partial charge on any atom is 0.408 e. The Hall–Kier alpha value is -4.06. The van der Waals surface area contributed by atoms with Crippen LogP contribution < -0.4 is 15.8 Å². The standard InChI is InChI=1S/C26H27BrFN7O3/c1-6-16(34-25(36)38-26(3,4)5)12-35-21(27)19(20-22(29)31-13-32-23(20)35)15-7-8-18(17(28)11-15)37-24-30-10-9-14(2)33-24/h6-11,13,16H,1,12H2,2-5H3,(H,34,36)(H2,29,31,32). The van der Waals surface area contributed by atoms with Crippen LogP contribution in [0.4, 0.5) is 15.0 Å². The summed E-state index contributed by atoms with van der Waals surface area (Å²) in [6, 6.07) is 5.75. The number of amides is 1. The van der Waals surface area contributed by atoms with Gasteiger partial charge in [0.05, 0.1) is 16.0 Å². The minimum atomic E-state index is -0.656. The second-order valence-corrected chi connectivity index (χ2v) is 10.2. The number of nitrogens with two attached hydrogens (primary N) is 1. The molecular formula is C26H27BrFN7O3. The highest BCUT2D eigenvalue weighted by atomic mass is 79.9. The molecule has 1 amide bonds. The highest BCUT2D eigenvalue weighted by molar-refractivity contribution is 9.10. The number of alkyl carbamates (subject to hydrolysis) is 1. The number of benzene rings is 1. The van der Waals surface area contributed by atoms with Crippen molar-refractivity contribution < 1.29 is 18.7 Å². The summed E-state index contributed by atoms with van der Waals surface area (Å²) >= 11 is 3.63. The number of carbonyl (C=O) groups excluding carboxylic acids is 1. The molecule has 0 bridgehead atoms. The van der Waals surface area contributed by atoms with Crippen LogP contribution in [0.3, 0.4) is 0 Å². The zero-order valence-electron chi connectivity index (χ0n) is 21.3. The van der Waals surface area contributed by atoms with E-state index in [1.807, 2.05) is 0 Å². The lowest BCUT2D eigenvalue weighted by Crippen LogP contribution is -2.40. The molecule has 198 valence electrons. The maximum absolute atomic E-state index is 15.2. The number of aromatic nitrogens is 5. The van der Waals surface area contributed by atoms with Gasteiger partial charge in [-0.05, 0) is 67.4 Å². The average molecular weight is 584 g/mol. The molecule has 0 saturated heterocycles. The number of nitrogens with zero attached hydrogens (tertiary/aromatic N) is 5. The van der Waals surface area contributed by atoms with Crippen LogP contribution in [0, 0.1) is 12.7 Å². The number of nitrogen functional groups attached to an aromatic ring is 1. The molecular weight excluding hydrogens is 557 g/mol. The number of fused-ring (bicyclic) bond motifs is 1. The molecule has 0 spiro atoms. The van der Waals surface area contributed by atoms with E-state index in [1.54, 1.807) is 50.5 Å². The number of hydrogen-bond acceptors (Lipinski definition) is 8. The van der Waals surface area contributed by atoms with Crippen molar-refractivity contribution in [1.29, 1.82) is 0 Å². The van der Waals surface area contributed by atoms with Gasteiger partial charge in [0, 0.05) is 24.0 Å². The number of hydrogen-bond donors (Lipinski definition) is 2. The fourth-order valence-electron chi connectivity index (χ4n) is 3.74. The molecule has 38 heavy (non-hydrogen) atoms. The number of carbonyl (C=O) groups is 1. The van der Waals surface area contributed by atoms with Crippen molar-refractivity contribution in [3.63, 3.8) is 0 Å². The van der Waals surface area contributed by atoms with E-state index in [-0.39, 0.29) is 24.1 Å². The van der Waals surface area contributed by atoms with Crippen LogP contribution in [0.2, 0.25) is 0 Å². The number of ether oxygens (including phenoxy) is 2. The van der Waals surface area contributed by atoms with Gasteiger partial charge in [0.2, 0.25) is 0 Å². The highest BCUT2D eigenvalue weighted by Gasteiger charge is 2.25. The lowest BCUT2D eigenvalue weighted by atomic mass is 10.1. The summed E-state index contributed by atoms with van der Waals surface area (Å²) in [5, 5.41) is 3.31. The largest absolute Gasteiger partial charge is 0.444 e. The summed E-state index contributed by atoms with van der Waals surface area (Å²) in [5.74, 6) is -0.434. The first-order valence-corrected chi connectivity index (χ1v) is 12.4. The van der Waals surface area contributed by atoms with Crippen LogP contribution in [0.15, 0.2) is 54.0 Å². The second-order valence-electron chi connectivity index (χ2n) is 9.45. The summed E-state index contributed by atoms with van der Waals surface area (Å²) < 4.78 is 28.4. The van der Waals surface area contributed by atoms with Gasteiger partial charge >= 0.3 is 12.1 Å². The highest BCUT2D eigenvalue weighted by Crippen LogP contribution is 2.41. The number of rotatable bonds is 7. The molecule has 1 unspecified atom stereocenters. The van der Waals surface area contributed by atoms with E-state index in [9.17, 15) is 4.79 Å². The molecule has 0 aliphatic heterocycles. The smallest absolute Gasteiger partial charge is 0.408 e. The molecule has 1 aromatic carbocycles. The minimum absolute atomic E-state index is 0.0308. The predicted molar refractivity (Wildman–Crippen MR) is 145 cm³/mol. The minimum Gasteiger partial charge on any atom is -0.444 e. The van der Waals surface area contributed by atoms with Crippen LogP contribution >= 0.6 is 15.9 Å². The number of aryl methyl sites for hydroxylation is 1. The van der Waals surface area contributed by atoms with Crippen molar-refractivity contribution in [1.82, 2.24) is 29.8 Å². The Bertz CT molecular complexity index is 1520. The third-order valence-corrected chi connectivity index (χ3v) is 6.19. The van der Waals surface area contributed by atoms with E-state index < -0.39 is 23.6 Å². The zero-order chi connectivity index (χ0) is 27.6. The lowest BCUT2D eigenvalue weighted by Gasteiger charge is -2.22. The van der Waals surface area contributed by atoms with Crippen LogP contribution in [-0.4, -0.2) is 42.2 Å². The molecule has 10 nitrogen and oxygen atoms in total. The van der Waals surface area contributed by atoms with Crippen molar-refractivity contribution >= 4 is 38.9 Å². The average Bonchev–Trinajstić information content (AvgIpc) is 3.11. The van der Waals surface area contributed by atoms with E-state index in [4.69, 9.17) is 15.2 Å². The molecule has 4 aromatic rings. The van der Waals surface area contributed by atoms with Gasteiger partial charge in [-0.2, -0.15) is 0 Å². The fourth-order valence-corrected chi connectivity index (χ4v) is 4.48. The molecule has 0 saturated carbocycles. The molecule has 3 aromatic heterocycles. The van der Waals surface area contributed by atoms with E-state index >= 15 is 4.39 Å². The fraction of sp³-hybridized carbons (Fsp3) is 0.269. The van der Waals surface area contributed by atoms with Gasteiger partial charge in [0.25, 0.3) is 0 Å².